The first-order chi connectivity index (χ1) is 6.20. The Balaban J connectivity index is 2.53. The van der Waals surface area contributed by atoms with Gasteiger partial charge in [0.2, 0.25) is 5.91 Å². The standard InChI is InChI=1S/C10H16N2O/c1-3-4-5-12-7-8(2)9(6-11)10(12)13/h8-9H,3-5,7H2,1-2H3. The van der Waals surface area contributed by atoms with Crippen LogP contribution in [0, 0.1) is 23.2 Å². The second kappa shape index (κ2) is 4.27. The fourth-order valence-corrected chi connectivity index (χ4v) is 1.72. The number of carbonyl (C=O) groups excluding carboxylic acids is 1. The number of nitriles is 1. The smallest absolute Gasteiger partial charge is 0.240 e. The zero-order chi connectivity index (χ0) is 9.84. The average molecular weight is 180 g/mol. The molecule has 0 N–H and O–H groups in total. The minimum atomic E-state index is -0.392. The lowest BCUT2D eigenvalue weighted by Crippen LogP contribution is -2.27. The molecule has 1 aliphatic rings. The van der Waals surface area contributed by atoms with E-state index in [1.54, 1.807) is 0 Å². The summed E-state index contributed by atoms with van der Waals surface area (Å²) in [5, 5.41) is 8.75. The molecular formula is C10H16N2O. The maximum atomic E-state index is 11.6. The number of rotatable bonds is 3. The quantitative estimate of drug-likeness (QED) is 0.659. The van der Waals surface area contributed by atoms with Gasteiger partial charge in [-0.15, -0.1) is 0 Å². The Bertz CT molecular complexity index is 232. The molecule has 1 saturated heterocycles. The van der Waals surface area contributed by atoms with Crippen LogP contribution in [0.15, 0.2) is 0 Å². The summed E-state index contributed by atoms with van der Waals surface area (Å²) < 4.78 is 0. The molecule has 0 aromatic heterocycles. The van der Waals surface area contributed by atoms with E-state index in [1.165, 1.54) is 0 Å². The van der Waals surface area contributed by atoms with Crippen LogP contribution >= 0.6 is 0 Å². The van der Waals surface area contributed by atoms with E-state index in [-0.39, 0.29) is 11.8 Å². The zero-order valence-corrected chi connectivity index (χ0v) is 8.29. The van der Waals surface area contributed by atoms with Gasteiger partial charge >= 0.3 is 0 Å². The molecule has 0 saturated carbocycles. The van der Waals surface area contributed by atoms with Gasteiger partial charge in [-0.05, 0) is 12.3 Å². The molecule has 72 valence electrons. The number of unbranched alkanes of at least 4 members (excludes halogenated alkanes) is 1. The zero-order valence-electron chi connectivity index (χ0n) is 8.29. The van der Waals surface area contributed by atoms with E-state index in [9.17, 15) is 4.79 Å². The maximum absolute atomic E-state index is 11.6. The molecule has 0 aliphatic carbocycles. The summed E-state index contributed by atoms with van der Waals surface area (Å²) in [4.78, 5) is 13.4. The molecule has 0 radical (unpaired) electrons. The second-order valence-electron chi connectivity index (χ2n) is 3.72. The van der Waals surface area contributed by atoms with Crippen LogP contribution in [-0.2, 0) is 4.79 Å². The molecule has 1 aliphatic heterocycles. The Hall–Kier alpha value is -1.04. The first-order valence-electron chi connectivity index (χ1n) is 4.89. The van der Waals surface area contributed by atoms with Crippen LogP contribution in [-0.4, -0.2) is 23.9 Å². The minimum absolute atomic E-state index is 0.0310. The normalized spacial score (nSPS) is 27.8. The number of hydrogen-bond acceptors (Lipinski definition) is 2. The van der Waals surface area contributed by atoms with Crippen molar-refractivity contribution in [1.29, 1.82) is 5.26 Å². The van der Waals surface area contributed by atoms with E-state index in [0.717, 1.165) is 25.9 Å². The Morgan fingerprint density at radius 2 is 2.38 bits per heavy atom. The van der Waals surface area contributed by atoms with Gasteiger partial charge in [-0.2, -0.15) is 5.26 Å². The third-order valence-electron chi connectivity index (χ3n) is 2.58. The molecular weight excluding hydrogens is 164 g/mol. The van der Waals surface area contributed by atoms with Crippen molar-refractivity contribution in [2.24, 2.45) is 11.8 Å². The highest BCUT2D eigenvalue weighted by Crippen LogP contribution is 2.23. The summed E-state index contributed by atoms with van der Waals surface area (Å²) in [7, 11) is 0. The molecule has 1 amide bonds. The minimum Gasteiger partial charge on any atom is -0.341 e. The van der Waals surface area contributed by atoms with Crippen LogP contribution in [0.4, 0.5) is 0 Å². The molecule has 13 heavy (non-hydrogen) atoms. The van der Waals surface area contributed by atoms with Gasteiger partial charge in [0, 0.05) is 13.1 Å². The summed E-state index contributed by atoms with van der Waals surface area (Å²) in [5.74, 6) is -0.158. The third-order valence-corrected chi connectivity index (χ3v) is 2.58. The molecule has 0 aromatic carbocycles. The molecule has 3 heteroatoms. The molecule has 1 heterocycles. The highest BCUT2D eigenvalue weighted by molar-refractivity contribution is 5.83. The topological polar surface area (TPSA) is 44.1 Å². The molecule has 0 spiro atoms. The van der Waals surface area contributed by atoms with Crippen molar-refractivity contribution >= 4 is 5.91 Å². The summed E-state index contributed by atoms with van der Waals surface area (Å²) in [6.07, 6.45) is 2.13. The summed E-state index contributed by atoms with van der Waals surface area (Å²) in [5.41, 5.74) is 0. The van der Waals surface area contributed by atoms with Gasteiger partial charge in [0.1, 0.15) is 5.92 Å². The Kier molecular flexibility index (Phi) is 3.30. The first-order valence-corrected chi connectivity index (χ1v) is 4.89. The Labute approximate surface area is 79.3 Å². The van der Waals surface area contributed by atoms with Crippen molar-refractivity contribution in [3.8, 4) is 6.07 Å². The number of carbonyl (C=O) groups is 1. The highest BCUT2D eigenvalue weighted by atomic mass is 16.2. The molecule has 1 fully saturated rings. The fraction of sp³-hybridized carbons (Fsp3) is 0.800. The Morgan fingerprint density at radius 3 is 2.85 bits per heavy atom. The maximum Gasteiger partial charge on any atom is 0.240 e. The van der Waals surface area contributed by atoms with E-state index in [4.69, 9.17) is 5.26 Å². The predicted molar refractivity (Wildman–Crippen MR) is 49.8 cm³/mol. The Morgan fingerprint density at radius 1 is 1.69 bits per heavy atom. The molecule has 1 rings (SSSR count). The van der Waals surface area contributed by atoms with Gasteiger partial charge in [-0.1, -0.05) is 20.3 Å². The van der Waals surface area contributed by atoms with Crippen LogP contribution in [0.2, 0.25) is 0 Å². The van der Waals surface area contributed by atoms with Gasteiger partial charge < -0.3 is 4.90 Å². The lowest BCUT2D eigenvalue weighted by atomic mass is 10.00. The van der Waals surface area contributed by atoms with Crippen molar-refractivity contribution in [1.82, 2.24) is 4.90 Å². The SMILES string of the molecule is CCCCN1CC(C)C(C#N)C1=O. The molecule has 0 aromatic rings. The van der Waals surface area contributed by atoms with Gasteiger partial charge in [0.15, 0.2) is 0 Å². The first kappa shape index (κ1) is 10.0. The van der Waals surface area contributed by atoms with Gasteiger partial charge in [0.25, 0.3) is 0 Å². The van der Waals surface area contributed by atoms with Gasteiger partial charge in [-0.25, -0.2) is 0 Å². The average Bonchev–Trinajstić information content (AvgIpc) is 2.38. The van der Waals surface area contributed by atoms with Crippen molar-refractivity contribution < 1.29 is 4.79 Å². The second-order valence-corrected chi connectivity index (χ2v) is 3.72. The number of amides is 1. The molecule has 3 nitrogen and oxygen atoms in total. The van der Waals surface area contributed by atoms with Crippen molar-refractivity contribution in [2.75, 3.05) is 13.1 Å². The van der Waals surface area contributed by atoms with E-state index in [0.29, 0.717) is 0 Å². The fourth-order valence-electron chi connectivity index (χ4n) is 1.72. The van der Waals surface area contributed by atoms with E-state index >= 15 is 0 Å². The van der Waals surface area contributed by atoms with Crippen molar-refractivity contribution in [3.05, 3.63) is 0 Å². The van der Waals surface area contributed by atoms with E-state index in [2.05, 4.69) is 13.0 Å². The molecule has 2 unspecified atom stereocenters. The number of nitrogens with zero attached hydrogens (tertiary/aromatic N) is 2. The largest absolute Gasteiger partial charge is 0.341 e. The predicted octanol–water partition coefficient (Wildman–Crippen LogP) is 1.40. The monoisotopic (exact) mass is 180 g/mol. The van der Waals surface area contributed by atoms with Crippen LogP contribution in [0.3, 0.4) is 0 Å². The third kappa shape index (κ3) is 2.00. The summed E-state index contributed by atoms with van der Waals surface area (Å²) in [6.45, 7) is 5.65. The van der Waals surface area contributed by atoms with E-state index in [1.807, 2.05) is 11.8 Å². The highest BCUT2D eigenvalue weighted by Gasteiger charge is 2.37. The van der Waals surface area contributed by atoms with Gasteiger partial charge in [-0.3, -0.25) is 4.79 Å². The number of hydrogen-bond donors (Lipinski definition) is 0. The lowest BCUT2D eigenvalue weighted by molar-refractivity contribution is -0.129. The van der Waals surface area contributed by atoms with Gasteiger partial charge in [0.05, 0.1) is 6.07 Å². The van der Waals surface area contributed by atoms with Crippen LogP contribution in [0.5, 0.6) is 0 Å². The van der Waals surface area contributed by atoms with E-state index < -0.39 is 5.92 Å². The number of likely N-dealkylation sites (tertiary alicyclic amines) is 1. The van der Waals surface area contributed by atoms with Crippen molar-refractivity contribution in [2.45, 2.75) is 26.7 Å². The van der Waals surface area contributed by atoms with Crippen LogP contribution in [0.25, 0.3) is 0 Å². The molecule has 0 bridgehead atoms. The lowest BCUT2D eigenvalue weighted by Gasteiger charge is -2.14. The molecule has 2 atom stereocenters. The summed E-state index contributed by atoms with van der Waals surface area (Å²) >= 11 is 0. The van der Waals surface area contributed by atoms with Crippen molar-refractivity contribution in [3.63, 3.8) is 0 Å². The van der Waals surface area contributed by atoms with Crippen LogP contribution in [0.1, 0.15) is 26.7 Å². The van der Waals surface area contributed by atoms with Crippen LogP contribution < -0.4 is 0 Å². The summed E-state index contributed by atoms with van der Waals surface area (Å²) in [6, 6.07) is 2.08.